The van der Waals surface area contributed by atoms with Crippen LogP contribution in [0, 0.1) is 0 Å². The molecule has 0 atom stereocenters. The highest BCUT2D eigenvalue weighted by Crippen LogP contribution is 2.29. The molecule has 2 aromatic rings. The molecule has 0 saturated heterocycles. The van der Waals surface area contributed by atoms with Gasteiger partial charge in [0, 0.05) is 23.9 Å². The summed E-state index contributed by atoms with van der Waals surface area (Å²) in [4.78, 5) is 16.1. The summed E-state index contributed by atoms with van der Waals surface area (Å²) in [6.07, 6.45) is 0. The number of aliphatic imine (C=N–C) groups is 1. The molecule has 0 aliphatic carbocycles. The number of hydrogen-bond donors (Lipinski definition) is 3. The zero-order chi connectivity index (χ0) is 18.1. The minimum Gasteiger partial charge on any atom is -0.493 e. The van der Waals surface area contributed by atoms with Crippen molar-refractivity contribution in [2.24, 2.45) is 10.7 Å². The average Bonchev–Trinajstić information content (AvgIpc) is 2.65. The molecule has 7 heteroatoms. The highest BCUT2D eigenvalue weighted by molar-refractivity contribution is 5.94. The number of methoxy groups -OCH3 is 2. The zero-order valence-electron chi connectivity index (χ0n) is 14.3. The number of hydrogen-bond acceptors (Lipinski definition) is 4. The fraction of sp³-hybridized carbons (Fsp3) is 0.222. The first-order valence-corrected chi connectivity index (χ1v) is 7.76. The highest BCUT2D eigenvalue weighted by atomic mass is 16.5. The van der Waals surface area contributed by atoms with Gasteiger partial charge in [-0.15, -0.1) is 0 Å². The van der Waals surface area contributed by atoms with Gasteiger partial charge in [-0.3, -0.25) is 9.79 Å². The molecule has 25 heavy (non-hydrogen) atoms. The van der Waals surface area contributed by atoms with Crippen molar-refractivity contribution in [3.63, 3.8) is 0 Å². The second-order valence-electron chi connectivity index (χ2n) is 5.08. The normalized spacial score (nSPS) is 10.9. The minimum atomic E-state index is -0.137. The predicted octanol–water partition coefficient (Wildman–Crippen LogP) is 1.86. The number of nitrogens with one attached hydrogen (secondary N) is 2. The van der Waals surface area contributed by atoms with Crippen molar-refractivity contribution in [2.75, 3.05) is 32.6 Å². The monoisotopic (exact) mass is 342 g/mol. The Balaban J connectivity index is 1.83. The molecule has 2 rings (SSSR count). The van der Waals surface area contributed by atoms with Gasteiger partial charge < -0.3 is 25.8 Å². The smallest absolute Gasteiger partial charge is 0.251 e. The van der Waals surface area contributed by atoms with Crippen molar-refractivity contribution in [3.05, 3.63) is 54.1 Å². The Bertz CT molecular complexity index is 732. The maximum atomic E-state index is 11.9. The van der Waals surface area contributed by atoms with Crippen LogP contribution in [0.5, 0.6) is 11.5 Å². The molecule has 0 bridgehead atoms. The Labute approximate surface area is 146 Å². The number of benzene rings is 2. The number of amides is 1. The summed E-state index contributed by atoms with van der Waals surface area (Å²) in [5, 5.41) is 5.75. The number of carbonyl (C=O) groups excluding carboxylic acids is 1. The molecule has 0 fully saturated rings. The van der Waals surface area contributed by atoms with E-state index in [9.17, 15) is 4.79 Å². The third kappa shape index (κ3) is 5.42. The molecule has 132 valence electrons. The SMILES string of the molecule is COc1ccc(NC(N)=NCCNC(=O)c2ccccc2)cc1OC. The standard InChI is InChI=1S/C18H22N4O3/c1-24-15-9-8-14(12-16(15)25-2)22-18(19)21-11-10-20-17(23)13-6-4-3-5-7-13/h3-9,12H,10-11H2,1-2H3,(H,20,23)(H3,19,21,22). The Hall–Kier alpha value is -3.22. The molecule has 0 saturated carbocycles. The van der Waals surface area contributed by atoms with Crippen molar-refractivity contribution in [2.45, 2.75) is 0 Å². The molecule has 0 spiro atoms. The summed E-state index contributed by atoms with van der Waals surface area (Å²) in [5.74, 6) is 1.34. The summed E-state index contributed by atoms with van der Waals surface area (Å²) in [5.41, 5.74) is 7.19. The van der Waals surface area contributed by atoms with Crippen LogP contribution in [0.25, 0.3) is 0 Å². The zero-order valence-corrected chi connectivity index (χ0v) is 14.3. The lowest BCUT2D eigenvalue weighted by molar-refractivity contribution is 0.0955. The van der Waals surface area contributed by atoms with Gasteiger partial charge in [-0.1, -0.05) is 18.2 Å². The van der Waals surface area contributed by atoms with Crippen LogP contribution >= 0.6 is 0 Å². The van der Waals surface area contributed by atoms with Gasteiger partial charge in [0.05, 0.1) is 20.8 Å². The molecule has 0 heterocycles. The van der Waals surface area contributed by atoms with E-state index in [1.807, 2.05) is 18.2 Å². The third-order valence-corrected chi connectivity index (χ3v) is 3.37. The Morgan fingerprint density at radius 3 is 2.48 bits per heavy atom. The number of nitrogens with zero attached hydrogens (tertiary/aromatic N) is 1. The number of nitrogens with two attached hydrogens (primary N) is 1. The fourth-order valence-electron chi connectivity index (χ4n) is 2.14. The van der Waals surface area contributed by atoms with Crippen molar-refractivity contribution >= 4 is 17.6 Å². The molecule has 0 aliphatic rings. The molecule has 7 nitrogen and oxygen atoms in total. The Kier molecular flexibility index (Phi) is 6.65. The maximum Gasteiger partial charge on any atom is 0.251 e. The van der Waals surface area contributed by atoms with Crippen molar-refractivity contribution in [1.82, 2.24) is 5.32 Å². The van der Waals surface area contributed by atoms with Crippen LogP contribution in [0.4, 0.5) is 5.69 Å². The average molecular weight is 342 g/mol. The van der Waals surface area contributed by atoms with Crippen LogP contribution in [0.3, 0.4) is 0 Å². The number of carbonyl (C=O) groups is 1. The van der Waals surface area contributed by atoms with Crippen LogP contribution in [0.1, 0.15) is 10.4 Å². The fourth-order valence-corrected chi connectivity index (χ4v) is 2.14. The van der Waals surface area contributed by atoms with Crippen molar-refractivity contribution in [1.29, 1.82) is 0 Å². The minimum absolute atomic E-state index is 0.137. The van der Waals surface area contributed by atoms with E-state index in [2.05, 4.69) is 15.6 Å². The van der Waals surface area contributed by atoms with Crippen molar-refractivity contribution < 1.29 is 14.3 Å². The molecule has 0 aliphatic heterocycles. The van der Waals surface area contributed by atoms with Gasteiger partial charge in [0.25, 0.3) is 5.91 Å². The van der Waals surface area contributed by atoms with Crippen LogP contribution < -0.4 is 25.8 Å². The number of rotatable bonds is 7. The number of anilines is 1. The number of ether oxygens (including phenoxy) is 2. The maximum absolute atomic E-state index is 11.9. The molecule has 0 radical (unpaired) electrons. The van der Waals surface area contributed by atoms with Gasteiger partial charge in [0.1, 0.15) is 0 Å². The van der Waals surface area contributed by atoms with E-state index in [0.29, 0.717) is 30.2 Å². The van der Waals surface area contributed by atoms with Crippen LogP contribution in [0.2, 0.25) is 0 Å². The Morgan fingerprint density at radius 2 is 1.80 bits per heavy atom. The molecule has 4 N–H and O–H groups in total. The first-order valence-electron chi connectivity index (χ1n) is 7.76. The summed E-state index contributed by atoms with van der Waals surface area (Å²) in [6, 6.07) is 14.4. The van der Waals surface area contributed by atoms with Gasteiger partial charge in [0.2, 0.25) is 0 Å². The lowest BCUT2D eigenvalue weighted by atomic mass is 10.2. The summed E-state index contributed by atoms with van der Waals surface area (Å²) in [7, 11) is 3.14. The molecule has 0 unspecified atom stereocenters. The van der Waals surface area contributed by atoms with Crippen LogP contribution in [-0.4, -0.2) is 39.2 Å². The first kappa shape index (κ1) is 18.1. The van der Waals surface area contributed by atoms with E-state index in [1.54, 1.807) is 44.6 Å². The van der Waals surface area contributed by atoms with Gasteiger partial charge in [0.15, 0.2) is 17.5 Å². The van der Waals surface area contributed by atoms with E-state index < -0.39 is 0 Å². The van der Waals surface area contributed by atoms with E-state index >= 15 is 0 Å². The molecular weight excluding hydrogens is 320 g/mol. The van der Waals surface area contributed by atoms with E-state index in [-0.39, 0.29) is 11.9 Å². The first-order chi connectivity index (χ1) is 12.1. The van der Waals surface area contributed by atoms with Crippen LogP contribution in [-0.2, 0) is 0 Å². The topological polar surface area (TPSA) is 98.0 Å². The molecular formula is C18H22N4O3. The molecule has 1 amide bonds. The molecule has 2 aromatic carbocycles. The quantitative estimate of drug-likeness (QED) is 0.405. The third-order valence-electron chi connectivity index (χ3n) is 3.37. The molecule has 0 aromatic heterocycles. The lowest BCUT2D eigenvalue weighted by Crippen LogP contribution is -2.28. The van der Waals surface area contributed by atoms with Gasteiger partial charge in [-0.25, -0.2) is 0 Å². The summed E-state index contributed by atoms with van der Waals surface area (Å²) in [6.45, 7) is 0.757. The predicted molar refractivity (Wildman–Crippen MR) is 98.4 cm³/mol. The van der Waals surface area contributed by atoms with Gasteiger partial charge >= 0.3 is 0 Å². The lowest BCUT2D eigenvalue weighted by Gasteiger charge is -2.11. The summed E-state index contributed by atoms with van der Waals surface area (Å²) >= 11 is 0. The van der Waals surface area contributed by atoms with Crippen molar-refractivity contribution in [3.8, 4) is 11.5 Å². The second kappa shape index (κ2) is 9.17. The number of guanidine groups is 1. The van der Waals surface area contributed by atoms with E-state index in [0.717, 1.165) is 5.69 Å². The van der Waals surface area contributed by atoms with E-state index in [4.69, 9.17) is 15.2 Å². The largest absolute Gasteiger partial charge is 0.493 e. The summed E-state index contributed by atoms with van der Waals surface area (Å²) < 4.78 is 10.4. The highest BCUT2D eigenvalue weighted by Gasteiger charge is 2.05. The Morgan fingerprint density at radius 1 is 1.08 bits per heavy atom. The van der Waals surface area contributed by atoms with Crippen LogP contribution in [0.15, 0.2) is 53.5 Å². The second-order valence-corrected chi connectivity index (χ2v) is 5.08. The van der Waals surface area contributed by atoms with Gasteiger partial charge in [-0.05, 0) is 24.3 Å². The van der Waals surface area contributed by atoms with Gasteiger partial charge in [-0.2, -0.15) is 0 Å². The van der Waals surface area contributed by atoms with E-state index in [1.165, 1.54) is 0 Å².